The molecule has 82 valence electrons. The predicted molar refractivity (Wildman–Crippen MR) is 59.8 cm³/mol. The van der Waals surface area contributed by atoms with E-state index in [1.807, 2.05) is 6.92 Å². The van der Waals surface area contributed by atoms with Crippen LogP contribution in [0.25, 0.3) is 0 Å². The van der Waals surface area contributed by atoms with E-state index in [1.54, 1.807) is 6.08 Å². The number of amides is 1. The van der Waals surface area contributed by atoms with Crippen LogP contribution in [-0.4, -0.2) is 18.0 Å². The van der Waals surface area contributed by atoms with Gasteiger partial charge in [0.05, 0.1) is 6.04 Å². The highest BCUT2D eigenvalue weighted by molar-refractivity contribution is 5.81. The first-order valence-electron chi connectivity index (χ1n) is 5.14. The van der Waals surface area contributed by atoms with E-state index >= 15 is 0 Å². The van der Waals surface area contributed by atoms with Gasteiger partial charge in [-0.2, -0.15) is 0 Å². The van der Waals surface area contributed by atoms with E-state index < -0.39 is 0 Å². The Morgan fingerprint density at radius 1 is 1.50 bits per heavy atom. The number of nitrogens with one attached hydrogen (secondary N) is 1. The average molecular weight is 198 g/mol. The molecule has 1 unspecified atom stereocenters. The Kier molecular flexibility index (Phi) is 6.21. The molecule has 3 nitrogen and oxygen atoms in total. The van der Waals surface area contributed by atoms with Gasteiger partial charge in [0.25, 0.3) is 0 Å². The summed E-state index contributed by atoms with van der Waals surface area (Å²) in [5.74, 6) is 0.388. The third-order valence-corrected chi connectivity index (χ3v) is 1.97. The number of hydrogen-bond donors (Lipinski definition) is 2. The highest BCUT2D eigenvalue weighted by Gasteiger charge is 2.15. The Morgan fingerprint density at radius 3 is 2.50 bits per heavy atom. The first-order valence-corrected chi connectivity index (χ1v) is 5.14. The third kappa shape index (κ3) is 5.75. The van der Waals surface area contributed by atoms with Gasteiger partial charge in [-0.1, -0.05) is 19.9 Å². The lowest BCUT2D eigenvalue weighted by Gasteiger charge is -2.17. The van der Waals surface area contributed by atoms with Crippen LogP contribution < -0.4 is 11.1 Å². The van der Waals surface area contributed by atoms with Gasteiger partial charge in [-0.15, -0.1) is 6.58 Å². The van der Waals surface area contributed by atoms with Crippen LogP contribution in [0.15, 0.2) is 12.7 Å². The summed E-state index contributed by atoms with van der Waals surface area (Å²) in [6, 6.07) is -0.263. The molecule has 3 heteroatoms. The summed E-state index contributed by atoms with van der Waals surface area (Å²) in [7, 11) is 0. The van der Waals surface area contributed by atoms with Crippen molar-refractivity contribution in [3.63, 3.8) is 0 Å². The maximum Gasteiger partial charge on any atom is 0.237 e. The normalized spacial score (nSPS) is 14.9. The van der Waals surface area contributed by atoms with E-state index in [0.29, 0.717) is 5.92 Å². The summed E-state index contributed by atoms with van der Waals surface area (Å²) in [6.45, 7) is 9.68. The number of rotatable bonds is 6. The summed E-state index contributed by atoms with van der Waals surface area (Å²) in [6.07, 6.45) is 3.30. The number of nitrogens with two attached hydrogens (primary N) is 1. The largest absolute Gasteiger partial charge is 0.352 e. The zero-order valence-corrected chi connectivity index (χ0v) is 9.42. The summed E-state index contributed by atoms with van der Waals surface area (Å²) in [4.78, 5) is 11.5. The molecule has 14 heavy (non-hydrogen) atoms. The second-order valence-corrected chi connectivity index (χ2v) is 4.17. The van der Waals surface area contributed by atoms with E-state index in [4.69, 9.17) is 5.73 Å². The van der Waals surface area contributed by atoms with Gasteiger partial charge in [0.15, 0.2) is 0 Å². The third-order valence-electron chi connectivity index (χ3n) is 1.97. The van der Waals surface area contributed by atoms with E-state index in [9.17, 15) is 4.79 Å². The van der Waals surface area contributed by atoms with Crippen LogP contribution in [0.5, 0.6) is 0 Å². The Hall–Kier alpha value is -0.830. The molecule has 3 N–H and O–H groups in total. The molecule has 0 saturated heterocycles. The molecule has 0 radical (unpaired) electrons. The van der Waals surface area contributed by atoms with Gasteiger partial charge in [0, 0.05) is 6.04 Å². The van der Waals surface area contributed by atoms with Gasteiger partial charge in [-0.3, -0.25) is 4.79 Å². The molecule has 0 bridgehead atoms. The van der Waals surface area contributed by atoms with Gasteiger partial charge in [0.1, 0.15) is 0 Å². The SMILES string of the molecule is C=CCC(C)NC(=O)[C@@H](N)CC(C)C. The summed E-state index contributed by atoms with van der Waals surface area (Å²) in [5.41, 5.74) is 5.72. The van der Waals surface area contributed by atoms with Crippen LogP contribution in [0.1, 0.15) is 33.6 Å². The molecule has 2 atom stereocenters. The molecule has 0 spiro atoms. The van der Waals surface area contributed by atoms with Crippen molar-refractivity contribution in [3.05, 3.63) is 12.7 Å². The minimum absolute atomic E-state index is 0.0620. The van der Waals surface area contributed by atoms with Crippen molar-refractivity contribution in [1.82, 2.24) is 5.32 Å². The Bertz CT molecular complexity index is 190. The van der Waals surface area contributed by atoms with Crippen molar-refractivity contribution < 1.29 is 4.79 Å². The van der Waals surface area contributed by atoms with E-state index in [0.717, 1.165) is 12.8 Å². The van der Waals surface area contributed by atoms with Crippen LogP contribution in [0, 0.1) is 5.92 Å². The average Bonchev–Trinajstić information content (AvgIpc) is 2.02. The minimum atomic E-state index is -0.387. The number of carbonyl (C=O) groups excluding carboxylic acids is 1. The monoisotopic (exact) mass is 198 g/mol. The second-order valence-electron chi connectivity index (χ2n) is 4.17. The summed E-state index contributed by atoms with van der Waals surface area (Å²) in [5, 5.41) is 2.85. The number of carbonyl (C=O) groups is 1. The molecular weight excluding hydrogens is 176 g/mol. The first-order chi connectivity index (χ1) is 6.47. The van der Waals surface area contributed by atoms with Crippen molar-refractivity contribution >= 4 is 5.91 Å². The maximum absolute atomic E-state index is 11.5. The first kappa shape index (κ1) is 13.2. The van der Waals surface area contributed by atoms with Crippen LogP contribution in [-0.2, 0) is 4.79 Å². The smallest absolute Gasteiger partial charge is 0.237 e. The van der Waals surface area contributed by atoms with Crippen molar-refractivity contribution in [2.24, 2.45) is 11.7 Å². The van der Waals surface area contributed by atoms with Gasteiger partial charge in [0.2, 0.25) is 5.91 Å². The Labute approximate surface area is 86.8 Å². The Balaban J connectivity index is 3.88. The summed E-state index contributed by atoms with van der Waals surface area (Å²) < 4.78 is 0. The van der Waals surface area contributed by atoms with Crippen LogP contribution in [0.2, 0.25) is 0 Å². The molecule has 0 aromatic carbocycles. The molecular formula is C11H22N2O. The van der Waals surface area contributed by atoms with Crippen molar-refractivity contribution in [3.8, 4) is 0 Å². The summed E-state index contributed by atoms with van der Waals surface area (Å²) >= 11 is 0. The molecule has 0 rings (SSSR count). The zero-order valence-electron chi connectivity index (χ0n) is 9.42. The standard InChI is InChI=1S/C11H22N2O/c1-5-6-9(4)13-11(14)10(12)7-8(2)3/h5,8-10H,1,6-7,12H2,2-4H3,(H,13,14)/t9?,10-/m0/s1. The van der Waals surface area contributed by atoms with Crippen LogP contribution in [0.4, 0.5) is 0 Å². The molecule has 0 aromatic rings. The van der Waals surface area contributed by atoms with E-state index in [2.05, 4.69) is 25.7 Å². The van der Waals surface area contributed by atoms with Crippen molar-refractivity contribution in [1.29, 1.82) is 0 Å². The predicted octanol–water partition coefficient (Wildman–Crippen LogP) is 1.44. The van der Waals surface area contributed by atoms with Gasteiger partial charge in [-0.05, 0) is 25.7 Å². The van der Waals surface area contributed by atoms with Gasteiger partial charge < -0.3 is 11.1 Å². The topological polar surface area (TPSA) is 55.1 Å². The van der Waals surface area contributed by atoms with Crippen LogP contribution in [0.3, 0.4) is 0 Å². The van der Waals surface area contributed by atoms with E-state index in [1.165, 1.54) is 0 Å². The molecule has 0 saturated carbocycles. The minimum Gasteiger partial charge on any atom is -0.352 e. The lowest BCUT2D eigenvalue weighted by molar-refractivity contribution is -0.123. The molecule has 0 aromatic heterocycles. The molecule has 0 aliphatic heterocycles. The van der Waals surface area contributed by atoms with Crippen molar-refractivity contribution in [2.75, 3.05) is 0 Å². The van der Waals surface area contributed by atoms with Crippen LogP contribution >= 0.6 is 0 Å². The highest BCUT2D eigenvalue weighted by Crippen LogP contribution is 2.03. The van der Waals surface area contributed by atoms with Gasteiger partial charge in [-0.25, -0.2) is 0 Å². The van der Waals surface area contributed by atoms with E-state index in [-0.39, 0.29) is 18.0 Å². The quantitative estimate of drug-likeness (QED) is 0.634. The maximum atomic E-state index is 11.5. The fraction of sp³-hybridized carbons (Fsp3) is 0.727. The van der Waals surface area contributed by atoms with Gasteiger partial charge >= 0.3 is 0 Å². The molecule has 0 aliphatic rings. The molecule has 1 amide bonds. The highest BCUT2D eigenvalue weighted by atomic mass is 16.2. The van der Waals surface area contributed by atoms with Crippen molar-refractivity contribution in [2.45, 2.75) is 45.7 Å². The second kappa shape index (κ2) is 6.60. The molecule has 0 heterocycles. The lowest BCUT2D eigenvalue weighted by atomic mass is 10.0. The zero-order chi connectivity index (χ0) is 11.1. The fourth-order valence-corrected chi connectivity index (χ4v) is 1.27. The molecule has 0 fully saturated rings. The fourth-order valence-electron chi connectivity index (χ4n) is 1.27. The lowest BCUT2D eigenvalue weighted by Crippen LogP contribution is -2.44. The number of hydrogen-bond acceptors (Lipinski definition) is 2. The molecule has 0 aliphatic carbocycles. The Morgan fingerprint density at radius 2 is 2.07 bits per heavy atom.